The molecule has 4 heteroatoms. The summed E-state index contributed by atoms with van der Waals surface area (Å²) < 4.78 is 5.43. The zero-order valence-corrected chi connectivity index (χ0v) is 11.4. The van der Waals surface area contributed by atoms with E-state index in [-0.39, 0.29) is 12.5 Å². The maximum absolute atomic E-state index is 11.8. The number of aryl methyl sites for hydroxylation is 1. The topological polar surface area (TPSA) is 64.3 Å². The minimum atomic E-state index is -0.202. The van der Waals surface area contributed by atoms with Crippen molar-refractivity contribution in [3.8, 4) is 5.75 Å². The van der Waals surface area contributed by atoms with Crippen molar-refractivity contribution in [1.82, 2.24) is 0 Å². The SMILES string of the molecule is Cc1ccc(OCC(=O)Nc2ccccc2CN)cc1. The van der Waals surface area contributed by atoms with Crippen molar-refractivity contribution >= 4 is 11.6 Å². The molecule has 0 aliphatic rings. The molecule has 1 amide bonds. The normalized spacial score (nSPS) is 10.1. The van der Waals surface area contributed by atoms with Crippen LogP contribution >= 0.6 is 0 Å². The van der Waals surface area contributed by atoms with Gasteiger partial charge in [0.1, 0.15) is 5.75 Å². The molecular weight excluding hydrogens is 252 g/mol. The highest BCUT2D eigenvalue weighted by Crippen LogP contribution is 2.15. The Hall–Kier alpha value is -2.33. The largest absolute Gasteiger partial charge is 0.484 e. The molecule has 0 heterocycles. The van der Waals surface area contributed by atoms with Crippen molar-refractivity contribution in [2.24, 2.45) is 5.73 Å². The van der Waals surface area contributed by atoms with Gasteiger partial charge in [-0.05, 0) is 30.7 Å². The van der Waals surface area contributed by atoms with Crippen LogP contribution in [-0.2, 0) is 11.3 Å². The van der Waals surface area contributed by atoms with E-state index >= 15 is 0 Å². The molecule has 0 aliphatic carbocycles. The molecule has 0 fully saturated rings. The molecule has 20 heavy (non-hydrogen) atoms. The second-order valence-corrected chi connectivity index (χ2v) is 4.51. The Kier molecular flexibility index (Phi) is 4.74. The van der Waals surface area contributed by atoms with Crippen LogP contribution in [0.1, 0.15) is 11.1 Å². The number of para-hydroxylation sites is 1. The number of ether oxygens (including phenoxy) is 1. The maximum Gasteiger partial charge on any atom is 0.262 e. The van der Waals surface area contributed by atoms with E-state index < -0.39 is 0 Å². The van der Waals surface area contributed by atoms with Crippen molar-refractivity contribution in [1.29, 1.82) is 0 Å². The molecule has 0 spiro atoms. The average Bonchev–Trinajstić information content (AvgIpc) is 2.47. The van der Waals surface area contributed by atoms with Crippen LogP contribution in [0.15, 0.2) is 48.5 Å². The number of nitrogens with one attached hydrogen (secondary N) is 1. The summed E-state index contributed by atoms with van der Waals surface area (Å²) in [7, 11) is 0. The molecule has 104 valence electrons. The number of benzene rings is 2. The van der Waals surface area contributed by atoms with Gasteiger partial charge in [-0.3, -0.25) is 4.79 Å². The fraction of sp³-hybridized carbons (Fsp3) is 0.188. The number of rotatable bonds is 5. The first-order valence-corrected chi connectivity index (χ1v) is 6.46. The van der Waals surface area contributed by atoms with Crippen LogP contribution < -0.4 is 15.8 Å². The molecule has 0 saturated heterocycles. The summed E-state index contributed by atoms with van der Waals surface area (Å²) >= 11 is 0. The number of amides is 1. The van der Waals surface area contributed by atoms with Gasteiger partial charge in [0.2, 0.25) is 0 Å². The first-order valence-electron chi connectivity index (χ1n) is 6.46. The zero-order valence-electron chi connectivity index (χ0n) is 11.4. The van der Waals surface area contributed by atoms with Gasteiger partial charge < -0.3 is 15.8 Å². The number of carbonyl (C=O) groups is 1. The number of carbonyl (C=O) groups excluding carboxylic acids is 1. The van der Waals surface area contributed by atoms with Gasteiger partial charge in [0.05, 0.1) is 0 Å². The third-order valence-electron chi connectivity index (χ3n) is 2.90. The van der Waals surface area contributed by atoms with E-state index in [0.29, 0.717) is 12.3 Å². The number of hydrogen-bond donors (Lipinski definition) is 2. The zero-order chi connectivity index (χ0) is 14.4. The van der Waals surface area contributed by atoms with Crippen LogP contribution in [0.5, 0.6) is 5.75 Å². The molecule has 0 atom stereocenters. The fourth-order valence-corrected chi connectivity index (χ4v) is 1.79. The molecule has 0 radical (unpaired) electrons. The summed E-state index contributed by atoms with van der Waals surface area (Å²) in [5.41, 5.74) is 8.40. The van der Waals surface area contributed by atoms with E-state index in [1.54, 1.807) is 0 Å². The van der Waals surface area contributed by atoms with E-state index in [1.807, 2.05) is 55.5 Å². The van der Waals surface area contributed by atoms with Crippen molar-refractivity contribution in [2.75, 3.05) is 11.9 Å². The van der Waals surface area contributed by atoms with Crippen molar-refractivity contribution in [2.45, 2.75) is 13.5 Å². The Morgan fingerprint density at radius 1 is 1.15 bits per heavy atom. The molecule has 0 aliphatic heterocycles. The Morgan fingerprint density at radius 2 is 1.85 bits per heavy atom. The van der Waals surface area contributed by atoms with Gasteiger partial charge in [-0.1, -0.05) is 35.9 Å². The second kappa shape index (κ2) is 6.73. The van der Waals surface area contributed by atoms with Crippen LogP contribution in [0.25, 0.3) is 0 Å². The summed E-state index contributed by atoms with van der Waals surface area (Å²) in [6.07, 6.45) is 0. The highest BCUT2D eigenvalue weighted by molar-refractivity contribution is 5.92. The minimum absolute atomic E-state index is 0.0258. The molecular formula is C16H18N2O2. The molecule has 0 unspecified atom stereocenters. The maximum atomic E-state index is 11.8. The second-order valence-electron chi connectivity index (χ2n) is 4.51. The molecule has 3 N–H and O–H groups in total. The number of anilines is 1. The van der Waals surface area contributed by atoms with Gasteiger partial charge in [0.15, 0.2) is 6.61 Å². The van der Waals surface area contributed by atoms with Crippen LogP contribution in [0.2, 0.25) is 0 Å². The van der Waals surface area contributed by atoms with Gasteiger partial charge in [0, 0.05) is 12.2 Å². The van der Waals surface area contributed by atoms with Gasteiger partial charge >= 0.3 is 0 Å². The van der Waals surface area contributed by atoms with Gasteiger partial charge in [-0.15, -0.1) is 0 Å². The molecule has 2 rings (SSSR count). The summed E-state index contributed by atoms with van der Waals surface area (Å²) in [4.78, 5) is 11.8. The predicted octanol–water partition coefficient (Wildman–Crippen LogP) is 2.47. The molecule has 2 aromatic rings. The summed E-state index contributed by atoms with van der Waals surface area (Å²) in [6, 6.07) is 15.0. The molecule has 4 nitrogen and oxygen atoms in total. The fourth-order valence-electron chi connectivity index (χ4n) is 1.79. The summed E-state index contributed by atoms with van der Waals surface area (Å²) in [6.45, 7) is 2.36. The standard InChI is InChI=1S/C16H18N2O2/c1-12-6-8-14(9-7-12)20-11-16(19)18-15-5-3-2-4-13(15)10-17/h2-9H,10-11,17H2,1H3,(H,18,19). The predicted molar refractivity (Wildman–Crippen MR) is 79.6 cm³/mol. The van der Waals surface area contributed by atoms with Gasteiger partial charge in [0.25, 0.3) is 5.91 Å². The van der Waals surface area contributed by atoms with Crippen LogP contribution in [-0.4, -0.2) is 12.5 Å². The Bertz CT molecular complexity index is 579. The van der Waals surface area contributed by atoms with E-state index in [4.69, 9.17) is 10.5 Å². The first kappa shape index (κ1) is 14.1. The van der Waals surface area contributed by atoms with Crippen molar-refractivity contribution < 1.29 is 9.53 Å². The highest BCUT2D eigenvalue weighted by Gasteiger charge is 2.06. The first-order chi connectivity index (χ1) is 9.69. The van der Waals surface area contributed by atoms with Crippen molar-refractivity contribution in [3.05, 3.63) is 59.7 Å². The Morgan fingerprint density at radius 3 is 2.55 bits per heavy atom. The highest BCUT2D eigenvalue weighted by atomic mass is 16.5. The number of nitrogens with two attached hydrogens (primary N) is 1. The number of hydrogen-bond acceptors (Lipinski definition) is 3. The Labute approximate surface area is 118 Å². The lowest BCUT2D eigenvalue weighted by molar-refractivity contribution is -0.118. The Balaban J connectivity index is 1.91. The van der Waals surface area contributed by atoms with Crippen molar-refractivity contribution in [3.63, 3.8) is 0 Å². The summed E-state index contributed by atoms with van der Waals surface area (Å²) in [5.74, 6) is 0.476. The van der Waals surface area contributed by atoms with Crippen LogP contribution in [0, 0.1) is 6.92 Å². The third kappa shape index (κ3) is 3.83. The quantitative estimate of drug-likeness (QED) is 0.877. The average molecular weight is 270 g/mol. The van der Waals surface area contributed by atoms with Crippen LogP contribution in [0.4, 0.5) is 5.69 Å². The lowest BCUT2D eigenvalue weighted by atomic mass is 10.2. The van der Waals surface area contributed by atoms with E-state index in [9.17, 15) is 4.79 Å². The van der Waals surface area contributed by atoms with E-state index in [1.165, 1.54) is 0 Å². The minimum Gasteiger partial charge on any atom is -0.484 e. The lowest BCUT2D eigenvalue weighted by Gasteiger charge is -2.10. The lowest BCUT2D eigenvalue weighted by Crippen LogP contribution is -2.21. The molecule has 0 aromatic heterocycles. The smallest absolute Gasteiger partial charge is 0.262 e. The summed E-state index contributed by atoms with van der Waals surface area (Å²) in [5, 5.41) is 2.80. The monoisotopic (exact) mass is 270 g/mol. The molecule has 2 aromatic carbocycles. The van der Waals surface area contributed by atoms with Gasteiger partial charge in [-0.25, -0.2) is 0 Å². The van der Waals surface area contributed by atoms with E-state index in [0.717, 1.165) is 16.8 Å². The van der Waals surface area contributed by atoms with Crippen LogP contribution in [0.3, 0.4) is 0 Å². The molecule has 0 saturated carbocycles. The molecule has 0 bridgehead atoms. The van der Waals surface area contributed by atoms with E-state index in [2.05, 4.69) is 5.32 Å². The third-order valence-corrected chi connectivity index (χ3v) is 2.90. The van der Waals surface area contributed by atoms with Gasteiger partial charge in [-0.2, -0.15) is 0 Å².